The average molecular weight is 245 g/mol. The van der Waals surface area contributed by atoms with Crippen LogP contribution in [0.25, 0.3) is 11.4 Å². The van der Waals surface area contributed by atoms with E-state index in [0.29, 0.717) is 11.4 Å². The van der Waals surface area contributed by atoms with E-state index < -0.39 is 5.97 Å². The molecule has 2 aromatic rings. The van der Waals surface area contributed by atoms with Gasteiger partial charge in [0.2, 0.25) is 0 Å². The molecule has 91 valence electrons. The molecule has 1 radical (unpaired) electrons. The van der Waals surface area contributed by atoms with E-state index >= 15 is 0 Å². The Morgan fingerprint density at radius 1 is 1.33 bits per heavy atom. The Kier molecular flexibility index (Phi) is 3.62. The van der Waals surface area contributed by atoms with Crippen LogP contribution in [-0.2, 0) is 4.74 Å². The standard InChI is InChI=1S/C13H10FN2O2/c1-2-18-13(17)10-7-15-12(16-8-10)9-4-3-5-11(14)6-9/h3-8H,1-2H2. The third-order valence-electron chi connectivity index (χ3n) is 2.20. The summed E-state index contributed by atoms with van der Waals surface area (Å²) in [5.74, 6) is -0.548. The van der Waals surface area contributed by atoms with Crippen LogP contribution in [0.3, 0.4) is 0 Å². The molecule has 0 saturated heterocycles. The second kappa shape index (κ2) is 5.35. The number of rotatable bonds is 3. The van der Waals surface area contributed by atoms with Crippen molar-refractivity contribution in [3.05, 3.63) is 55.0 Å². The lowest BCUT2D eigenvalue weighted by Gasteiger charge is -2.02. The zero-order chi connectivity index (χ0) is 13.0. The molecule has 0 aliphatic rings. The third-order valence-corrected chi connectivity index (χ3v) is 2.20. The van der Waals surface area contributed by atoms with Crippen molar-refractivity contribution >= 4 is 5.97 Å². The molecule has 0 bridgehead atoms. The van der Waals surface area contributed by atoms with Gasteiger partial charge >= 0.3 is 5.97 Å². The maximum atomic E-state index is 13.0. The molecule has 4 nitrogen and oxygen atoms in total. The van der Waals surface area contributed by atoms with Gasteiger partial charge in [0.25, 0.3) is 0 Å². The zero-order valence-corrected chi connectivity index (χ0v) is 9.47. The van der Waals surface area contributed by atoms with E-state index in [9.17, 15) is 9.18 Å². The van der Waals surface area contributed by atoms with Crippen LogP contribution in [0.4, 0.5) is 4.39 Å². The zero-order valence-electron chi connectivity index (χ0n) is 9.47. The first-order valence-corrected chi connectivity index (χ1v) is 5.25. The third kappa shape index (κ3) is 2.68. The van der Waals surface area contributed by atoms with Gasteiger partial charge in [-0.05, 0) is 19.1 Å². The second-order valence-electron chi connectivity index (χ2n) is 3.44. The Labute approximate surface area is 103 Å². The molecule has 18 heavy (non-hydrogen) atoms. The van der Waals surface area contributed by atoms with Gasteiger partial charge in [-0.25, -0.2) is 19.2 Å². The molecular formula is C13H10FN2O2. The first-order valence-electron chi connectivity index (χ1n) is 5.25. The Hall–Kier alpha value is -2.30. The lowest BCUT2D eigenvalue weighted by Crippen LogP contribution is -2.06. The van der Waals surface area contributed by atoms with E-state index in [-0.39, 0.29) is 18.0 Å². The molecule has 0 amide bonds. The Morgan fingerprint density at radius 2 is 2.06 bits per heavy atom. The number of aromatic nitrogens is 2. The Balaban J connectivity index is 2.25. The molecule has 0 N–H and O–H groups in total. The maximum absolute atomic E-state index is 13.0. The van der Waals surface area contributed by atoms with Crippen LogP contribution < -0.4 is 0 Å². The molecule has 5 heteroatoms. The van der Waals surface area contributed by atoms with Gasteiger partial charge in [0.05, 0.1) is 12.2 Å². The fourth-order valence-corrected chi connectivity index (χ4v) is 1.39. The minimum atomic E-state index is -0.532. The number of hydrogen-bond donors (Lipinski definition) is 0. The lowest BCUT2D eigenvalue weighted by atomic mass is 10.2. The van der Waals surface area contributed by atoms with Crippen LogP contribution >= 0.6 is 0 Å². The van der Waals surface area contributed by atoms with Gasteiger partial charge in [-0.2, -0.15) is 0 Å². The van der Waals surface area contributed by atoms with E-state index in [1.165, 1.54) is 24.5 Å². The average Bonchev–Trinajstić information content (AvgIpc) is 2.39. The van der Waals surface area contributed by atoms with Gasteiger partial charge in [0.15, 0.2) is 5.82 Å². The van der Waals surface area contributed by atoms with Gasteiger partial charge in [0.1, 0.15) is 5.82 Å². The molecule has 0 fully saturated rings. The molecule has 0 atom stereocenters. The first kappa shape index (κ1) is 12.2. The number of nitrogens with zero attached hydrogens (tertiary/aromatic N) is 2. The van der Waals surface area contributed by atoms with Crippen LogP contribution in [0.5, 0.6) is 0 Å². The number of carbonyl (C=O) groups is 1. The van der Waals surface area contributed by atoms with Crippen molar-refractivity contribution in [3.63, 3.8) is 0 Å². The van der Waals surface area contributed by atoms with E-state index in [2.05, 4.69) is 16.9 Å². The smallest absolute Gasteiger partial charge is 0.341 e. The fraction of sp³-hybridized carbons (Fsp3) is 0.0769. The van der Waals surface area contributed by atoms with Crippen molar-refractivity contribution in [2.24, 2.45) is 0 Å². The first-order chi connectivity index (χ1) is 8.70. The number of hydrogen-bond acceptors (Lipinski definition) is 4. The van der Waals surface area contributed by atoms with Crippen LogP contribution in [0.1, 0.15) is 10.4 Å². The van der Waals surface area contributed by atoms with E-state index in [1.807, 2.05) is 0 Å². The SMILES string of the molecule is [CH2]COC(=O)c1cnc(-c2cccc(F)c2)nc1. The maximum Gasteiger partial charge on any atom is 0.341 e. The van der Waals surface area contributed by atoms with E-state index in [0.717, 1.165) is 0 Å². The Morgan fingerprint density at radius 3 is 2.67 bits per heavy atom. The molecule has 0 saturated carbocycles. The van der Waals surface area contributed by atoms with Crippen LogP contribution in [0.2, 0.25) is 0 Å². The topological polar surface area (TPSA) is 52.1 Å². The van der Waals surface area contributed by atoms with Crippen LogP contribution in [0, 0.1) is 12.7 Å². The van der Waals surface area contributed by atoms with Gasteiger partial charge in [-0.3, -0.25) is 0 Å². The van der Waals surface area contributed by atoms with Crippen molar-refractivity contribution in [3.8, 4) is 11.4 Å². The molecule has 1 aromatic heterocycles. The summed E-state index contributed by atoms with van der Waals surface area (Å²) in [5, 5.41) is 0. The summed E-state index contributed by atoms with van der Waals surface area (Å²) in [6, 6.07) is 5.91. The van der Waals surface area contributed by atoms with Gasteiger partial charge in [-0.1, -0.05) is 12.1 Å². The van der Waals surface area contributed by atoms with Crippen LogP contribution in [0.15, 0.2) is 36.7 Å². The summed E-state index contributed by atoms with van der Waals surface area (Å²) < 4.78 is 17.7. The molecular weight excluding hydrogens is 235 g/mol. The number of esters is 1. The predicted molar refractivity (Wildman–Crippen MR) is 63.1 cm³/mol. The highest BCUT2D eigenvalue weighted by Crippen LogP contribution is 2.15. The monoisotopic (exact) mass is 245 g/mol. The summed E-state index contributed by atoms with van der Waals surface area (Å²) in [6.07, 6.45) is 2.68. The number of halogens is 1. The van der Waals surface area contributed by atoms with Crippen molar-refractivity contribution in [2.75, 3.05) is 6.61 Å². The highest BCUT2D eigenvalue weighted by Gasteiger charge is 2.08. The summed E-state index contributed by atoms with van der Waals surface area (Å²) in [4.78, 5) is 19.3. The van der Waals surface area contributed by atoms with Gasteiger partial charge in [-0.15, -0.1) is 0 Å². The normalized spacial score (nSPS) is 10.1. The van der Waals surface area contributed by atoms with Gasteiger partial charge in [0, 0.05) is 18.0 Å². The molecule has 0 aliphatic heterocycles. The highest BCUT2D eigenvalue weighted by atomic mass is 19.1. The molecule has 2 rings (SSSR count). The van der Waals surface area contributed by atoms with E-state index in [1.54, 1.807) is 12.1 Å². The summed E-state index contributed by atoms with van der Waals surface area (Å²) >= 11 is 0. The molecule has 0 spiro atoms. The second-order valence-corrected chi connectivity index (χ2v) is 3.44. The van der Waals surface area contributed by atoms with Crippen molar-refractivity contribution in [2.45, 2.75) is 0 Å². The minimum absolute atomic E-state index is 0.0461. The molecule has 0 aliphatic carbocycles. The summed E-state index contributed by atoms with van der Waals surface area (Å²) in [6.45, 7) is 3.45. The quantitative estimate of drug-likeness (QED) is 0.778. The van der Waals surface area contributed by atoms with Crippen LogP contribution in [-0.4, -0.2) is 22.5 Å². The summed E-state index contributed by atoms with van der Waals surface area (Å²) in [7, 11) is 0. The largest absolute Gasteiger partial charge is 0.462 e. The highest BCUT2D eigenvalue weighted by molar-refractivity contribution is 5.88. The van der Waals surface area contributed by atoms with Crippen molar-refractivity contribution in [1.29, 1.82) is 0 Å². The van der Waals surface area contributed by atoms with Crippen molar-refractivity contribution < 1.29 is 13.9 Å². The Bertz CT molecular complexity index is 555. The molecule has 0 unspecified atom stereocenters. The lowest BCUT2D eigenvalue weighted by molar-refractivity contribution is 0.0546. The van der Waals surface area contributed by atoms with Crippen molar-refractivity contribution in [1.82, 2.24) is 9.97 Å². The van der Waals surface area contributed by atoms with Gasteiger partial charge < -0.3 is 4.74 Å². The predicted octanol–water partition coefficient (Wildman–Crippen LogP) is 2.27. The number of carbonyl (C=O) groups excluding carboxylic acids is 1. The minimum Gasteiger partial charge on any atom is -0.462 e. The van der Waals surface area contributed by atoms with E-state index in [4.69, 9.17) is 4.74 Å². The number of benzene rings is 1. The number of ether oxygens (including phenoxy) is 1. The fourth-order valence-electron chi connectivity index (χ4n) is 1.39. The molecule has 1 heterocycles. The molecule has 1 aromatic carbocycles. The summed E-state index contributed by atoms with van der Waals surface area (Å²) in [5.41, 5.74) is 0.783.